The summed E-state index contributed by atoms with van der Waals surface area (Å²) in [7, 11) is 2.97. The Bertz CT molecular complexity index is 2280. The van der Waals surface area contributed by atoms with Crippen molar-refractivity contribution in [3.63, 3.8) is 0 Å². The highest BCUT2D eigenvalue weighted by molar-refractivity contribution is 9.08. The standard InChI is InChI=1S/C25H23ClF2O2.C13H11BrO.C12H12ClF3O/c1-29-15-14-23(19-10-12-20(26)13-11-19)25(28)24(27)17-18-6-5-9-22(16-18)30-21-7-3-2-4-8-21;14-10-11-5-4-8-13(9-11)15-12-6-2-1-3-7-12;1-17-7-6-10(11(14)12(15)16)8-2-4-9(13)5-3-8/h2-13,16,23H,14-15,17H2,1H3;1-9H,10H2;2-5,10H,6-7H2,1H3/b25-24+;;. The number of hydrogen-bond acceptors (Lipinski definition) is 4. The van der Waals surface area contributed by atoms with Crippen molar-refractivity contribution in [1.29, 1.82) is 0 Å². The van der Waals surface area contributed by atoms with Crippen LogP contribution in [0.3, 0.4) is 0 Å². The summed E-state index contributed by atoms with van der Waals surface area (Å²) in [6, 6.07) is 47.1. The quantitative estimate of drug-likeness (QED) is 0.0674. The predicted octanol–water partition coefficient (Wildman–Crippen LogP) is 16.6. The van der Waals surface area contributed by atoms with Gasteiger partial charge in [0.25, 0.3) is 0 Å². The molecular weight excluding hydrogens is 910 g/mol. The van der Waals surface area contributed by atoms with Gasteiger partial charge in [-0.3, -0.25) is 0 Å². The lowest BCUT2D eigenvalue weighted by Crippen LogP contribution is -2.06. The lowest BCUT2D eigenvalue weighted by atomic mass is 9.93. The molecule has 0 aliphatic heterocycles. The van der Waals surface area contributed by atoms with E-state index in [9.17, 15) is 17.6 Å². The van der Waals surface area contributed by atoms with Crippen molar-refractivity contribution in [1.82, 2.24) is 0 Å². The van der Waals surface area contributed by atoms with Crippen molar-refractivity contribution >= 4 is 39.1 Å². The zero-order chi connectivity index (χ0) is 44.7. The van der Waals surface area contributed by atoms with E-state index < -0.39 is 35.4 Å². The topological polar surface area (TPSA) is 36.9 Å². The number of ether oxygens (including phenoxy) is 4. The molecule has 4 nitrogen and oxygen atoms in total. The molecule has 326 valence electrons. The SMILES string of the molecule is BrCc1cccc(Oc2ccccc2)c1.COCCC(/C(F)=C(\F)Cc1cccc(Oc2ccccc2)c1)c1ccc(Cl)cc1.COCCC(C(F)=C(F)F)c1ccc(Cl)cc1. The van der Waals surface area contributed by atoms with Gasteiger partial charge < -0.3 is 18.9 Å². The van der Waals surface area contributed by atoms with Crippen molar-refractivity contribution in [3.05, 3.63) is 214 Å². The van der Waals surface area contributed by atoms with E-state index in [2.05, 4.69) is 22.0 Å². The Morgan fingerprint density at radius 1 is 0.500 bits per heavy atom. The number of alkyl halides is 1. The molecule has 0 radical (unpaired) electrons. The molecular formula is C50H46BrCl2F5O4. The van der Waals surface area contributed by atoms with Gasteiger partial charge in [-0.05, 0) is 108 Å². The number of methoxy groups -OCH3 is 2. The zero-order valence-corrected chi connectivity index (χ0v) is 37.2. The van der Waals surface area contributed by atoms with E-state index in [-0.39, 0.29) is 19.4 Å². The molecule has 0 saturated heterocycles. The first kappa shape index (κ1) is 49.7. The second kappa shape index (κ2) is 27.2. The molecule has 6 rings (SSSR count). The Labute approximate surface area is 378 Å². The third-order valence-electron chi connectivity index (χ3n) is 9.09. The number of para-hydroxylation sites is 2. The highest BCUT2D eigenvalue weighted by Gasteiger charge is 2.23. The molecule has 0 aliphatic rings. The summed E-state index contributed by atoms with van der Waals surface area (Å²) < 4.78 is 89.3. The smallest absolute Gasteiger partial charge is 0.302 e. The first-order chi connectivity index (χ1) is 30.0. The molecule has 0 spiro atoms. The molecule has 2 atom stereocenters. The number of rotatable bonds is 17. The molecule has 12 heteroatoms. The molecule has 2 unspecified atom stereocenters. The minimum absolute atomic E-state index is 0.154. The minimum atomic E-state index is -2.29. The summed E-state index contributed by atoms with van der Waals surface area (Å²) in [6.45, 7) is 0.516. The third-order valence-corrected chi connectivity index (χ3v) is 10.2. The van der Waals surface area contributed by atoms with E-state index >= 15 is 4.39 Å². The largest absolute Gasteiger partial charge is 0.457 e. The average molecular weight is 957 g/mol. The summed E-state index contributed by atoms with van der Waals surface area (Å²) in [5.74, 6) is -1.73. The van der Waals surface area contributed by atoms with E-state index in [0.29, 0.717) is 51.3 Å². The Balaban J connectivity index is 0.000000223. The molecule has 0 N–H and O–H groups in total. The fraction of sp³-hybridized carbons (Fsp3) is 0.200. The van der Waals surface area contributed by atoms with Crippen LogP contribution in [-0.2, 0) is 21.2 Å². The Morgan fingerprint density at radius 2 is 0.903 bits per heavy atom. The fourth-order valence-electron chi connectivity index (χ4n) is 5.99. The van der Waals surface area contributed by atoms with Crippen LogP contribution >= 0.6 is 39.1 Å². The second-order valence-corrected chi connectivity index (χ2v) is 15.0. The number of benzene rings is 6. The van der Waals surface area contributed by atoms with Crippen LogP contribution in [0.2, 0.25) is 10.0 Å². The zero-order valence-electron chi connectivity index (χ0n) is 34.1. The Kier molecular flexibility index (Phi) is 21.8. The molecule has 0 amide bonds. The number of halogens is 8. The van der Waals surface area contributed by atoms with Gasteiger partial charge in [-0.15, -0.1) is 0 Å². The molecule has 0 saturated carbocycles. The van der Waals surface area contributed by atoms with Crippen LogP contribution < -0.4 is 9.47 Å². The summed E-state index contributed by atoms with van der Waals surface area (Å²) in [4.78, 5) is 0. The number of hydrogen-bond donors (Lipinski definition) is 0. The summed E-state index contributed by atoms with van der Waals surface area (Å²) >= 11 is 15.0. The average Bonchev–Trinajstić information content (AvgIpc) is 3.29. The summed E-state index contributed by atoms with van der Waals surface area (Å²) in [5.41, 5.74) is 2.95. The fourth-order valence-corrected chi connectivity index (χ4v) is 6.59. The van der Waals surface area contributed by atoms with Crippen molar-refractivity contribution in [2.45, 2.75) is 36.4 Å². The Hall–Kier alpha value is -4.97. The minimum Gasteiger partial charge on any atom is -0.457 e. The molecule has 0 aliphatic carbocycles. The van der Waals surface area contributed by atoms with Gasteiger partial charge in [0, 0.05) is 61.1 Å². The van der Waals surface area contributed by atoms with Gasteiger partial charge >= 0.3 is 6.08 Å². The van der Waals surface area contributed by atoms with Gasteiger partial charge in [-0.2, -0.15) is 8.78 Å². The monoisotopic (exact) mass is 954 g/mol. The van der Waals surface area contributed by atoms with Gasteiger partial charge in [0.2, 0.25) is 0 Å². The summed E-state index contributed by atoms with van der Waals surface area (Å²) in [5, 5.41) is 1.87. The lowest BCUT2D eigenvalue weighted by molar-refractivity contribution is 0.186. The van der Waals surface area contributed by atoms with Crippen LogP contribution in [0.25, 0.3) is 0 Å². The van der Waals surface area contributed by atoms with E-state index in [1.165, 1.54) is 31.9 Å². The first-order valence-corrected chi connectivity index (χ1v) is 21.3. The molecule has 0 aromatic heterocycles. The van der Waals surface area contributed by atoms with Crippen LogP contribution in [-0.4, -0.2) is 27.4 Å². The normalized spacial score (nSPS) is 12.0. The maximum absolute atomic E-state index is 15.1. The van der Waals surface area contributed by atoms with Crippen LogP contribution in [0, 0.1) is 0 Å². The van der Waals surface area contributed by atoms with Gasteiger partial charge in [0.15, 0.2) is 5.83 Å². The first-order valence-electron chi connectivity index (χ1n) is 19.4. The third kappa shape index (κ3) is 17.1. The molecule has 6 aromatic carbocycles. The lowest BCUT2D eigenvalue weighted by Gasteiger charge is -2.16. The van der Waals surface area contributed by atoms with E-state index in [0.717, 1.165) is 16.8 Å². The second-order valence-electron chi connectivity index (χ2n) is 13.6. The van der Waals surface area contributed by atoms with Crippen molar-refractivity contribution < 1.29 is 40.9 Å². The highest BCUT2D eigenvalue weighted by Crippen LogP contribution is 2.35. The van der Waals surface area contributed by atoms with Crippen LogP contribution in [0.15, 0.2) is 181 Å². The maximum Gasteiger partial charge on any atom is 0.302 e. The molecule has 0 fully saturated rings. The van der Waals surface area contributed by atoms with Crippen LogP contribution in [0.5, 0.6) is 23.0 Å². The van der Waals surface area contributed by atoms with Gasteiger partial charge in [-0.25, -0.2) is 13.2 Å². The van der Waals surface area contributed by atoms with Gasteiger partial charge in [0.1, 0.15) is 34.7 Å². The summed E-state index contributed by atoms with van der Waals surface area (Å²) in [6.07, 6.45) is -1.97. The van der Waals surface area contributed by atoms with E-state index in [1.54, 1.807) is 60.7 Å². The molecule has 0 heterocycles. The van der Waals surface area contributed by atoms with Crippen molar-refractivity contribution in [2.24, 2.45) is 0 Å². The van der Waals surface area contributed by atoms with Gasteiger partial charge in [0.05, 0.1) is 0 Å². The Morgan fingerprint density at radius 3 is 1.32 bits per heavy atom. The van der Waals surface area contributed by atoms with Crippen molar-refractivity contribution in [2.75, 3.05) is 27.4 Å². The van der Waals surface area contributed by atoms with Crippen LogP contribution in [0.4, 0.5) is 22.0 Å². The predicted molar refractivity (Wildman–Crippen MR) is 243 cm³/mol. The highest BCUT2D eigenvalue weighted by atomic mass is 79.9. The molecule has 62 heavy (non-hydrogen) atoms. The van der Waals surface area contributed by atoms with Crippen molar-refractivity contribution in [3.8, 4) is 23.0 Å². The van der Waals surface area contributed by atoms with Crippen LogP contribution in [0.1, 0.15) is 46.9 Å². The number of allylic oxidation sites excluding steroid dienone is 3. The van der Waals surface area contributed by atoms with E-state index in [4.69, 9.17) is 42.1 Å². The van der Waals surface area contributed by atoms with E-state index in [1.807, 2.05) is 78.9 Å². The molecule has 0 bridgehead atoms. The van der Waals surface area contributed by atoms with Gasteiger partial charge in [-0.1, -0.05) is 124 Å². The molecule has 6 aromatic rings. The maximum atomic E-state index is 15.1.